The Morgan fingerprint density at radius 1 is 1.06 bits per heavy atom. The molecule has 1 aliphatic heterocycles. The number of ketones is 1. The van der Waals surface area contributed by atoms with E-state index in [1.54, 1.807) is 24.5 Å². The molecule has 1 aliphatic rings. The van der Waals surface area contributed by atoms with Crippen molar-refractivity contribution in [3.8, 4) is 11.1 Å². The first kappa shape index (κ1) is 23.5. The zero-order valence-corrected chi connectivity index (χ0v) is 20.1. The minimum absolute atomic E-state index is 0.0578. The van der Waals surface area contributed by atoms with E-state index in [9.17, 15) is 9.18 Å². The Hall–Kier alpha value is -4.26. The Labute approximate surface area is 208 Å². The molecule has 0 spiro atoms. The number of aryl methyl sites for hydroxylation is 1. The van der Waals surface area contributed by atoms with Crippen LogP contribution in [0.1, 0.15) is 64.7 Å². The Morgan fingerprint density at radius 2 is 1.92 bits per heavy atom. The summed E-state index contributed by atoms with van der Waals surface area (Å²) >= 11 is 0. The summed E-state index contributed by atoms with van der Waals surface area (Å²) < 4.78 is 14.9. The van der Waals surface area contributed by atoms with Crippen LogP contribution in [0.25, 0.3) is 11.1 Å². The van der Waals surface area contributed by atoms with Gasteiger partial charge in [0, 0.05) is 53.5 Å². The van der Waals surface area contributed by atoms with Gasteiger partial charge in [-0.25, -0.2) is 14.4 Å². The Kier molecular flexibility index (Phi) is 6.62. The number of oxime groups is 1. The predicted molar refractivity (Wildman–Crippen MR) is 135 cm³/mol. The smallest absolute Gasteiger partial charge is 0.174 e. The van der Waals surface area contributed by atoms with Crippen LogP contribution >= 0.6 is 0 Å². The van der Waals surface area contributed by atoms with Crippen LogP contribution < -0.4 is 0 Å². The monoisotopic (exact) mass is 480 g/mol. The third kappa shape index (κ3) is 5.05. The second-order valence-electron chi connectivity index (χ2n) is 9.04. The fourth-order valence-corrected chi connectivity index (χ4v) is 4.33. The second-order valence-corrected chi connectivity index (χ2v) is 9.04. The van der Waals surface area contributed by atoms with Crippen molar-refractivity contribution in [3.63, 3.8) is 0 Å². The summed E-state index contributed by atoms with van der Waals surface area (Å²) in [4.78, 5) is 31.6. The maximum Gasteiger partial charge on any atom is 0.174 e. The average molecular weight is 481 g/mol. The van der Waals surface area contributed by atoms with Crippen molar-refractivity contribution in [1.82, 2.24) is 15.0 Å². The van der Waals surface area contributed by atoms with Gasteiger partial charge < -0.3 is 4.84 Å². The molecular formula is C29H25FN4O2. The average Bonchev–Trinajstić information content (AvgIpc) is 3.40. The summed E-state index contributed by atoms with van der Waals surface area (Å²) in [6.07, 6.45) is 5.31. The van der Waals surface area contributed by atoms with Crippen LogP contribution in [0.5, 0.6) is 0 Å². The van der Waals surface area contributed by atoms with Crippen LogP contribution in [0.2, 0.25) is 0 Å². The van der Waals surface area contributed by atoms with Gasteiger partial charge in [0.25, 0.3) is 0 Å². The quantitative estimate of drug-likeness (QED) is 0.293. The van der Waals surface area contributed by atoms with Crippen molar-refractivity contribution in [2.75, 3.05) is 0 Å². The van der Waals surface area contributed by atoms with Gasteiger partial charge in [-0.2, -0.15) is 0 Å². The zero-order chi connectivity index (χ0) is 25.1. The van der Waals surface area contributed by atoms with E-state index in [-0.39, 0.29) is 30.0 Å². The number of hydrogen-bond acceptors (Lipinski definition) is 6. The molecule has 0 saturated carbocycles. The van der Waals surface area contributed by atoms with E-state index in [1.165, 1.54) is 12.4 Å². The topological polar surface area (TPSA) is 77.3 Å². The van der Waals surface area contributed by atoms with Crippen LogP contribution in [0.4, 0.5) is 4.39 Å². The molecule has 2 atom stereocenters. The van der Waals surface area contributed by atoms with Gasteiger partial charge in [0.05, 0.1) is 11.4 Å². The molecule has 2 unspecified atom stereocenters. The summed E-state index contributed by atoms with van der Waals surface area (Å²) in [7, 11) is 0. The minimum Gasteiger partial charge on any atom is -0.385 e. The third-order valence-electron chi connectivity index (χ3n) is 6.31. The maximum absolute atomic E-state index is 14.9. The van der Waals surface area contributed by atoms with Crippen LogP contribution in [0.3, 0.4) is 0 Å². The number of carbonyl (C=O) groups excluding carboxylic acids is 1. The molecule has 0 N–H and O–H groups in total. The van der Waals surface area contributed by atoms with E-state index in [0.717, 1.165) is 22.5 Å². The zero-order valence-electron chi connectivity index (χ0n) is 20.1. The molecule has 0 bridgehead atoms. The third-order valence-corrected chi connectivity index (χ3v) is 6.31. The van der Waals surface area contributed by atoms with Crippen LogP contribution in [-0.4, -0.2) is 26.4 Å². The van der Waals surface area contributed by atoms with Crippen molar-refractivity contribution in [1.29, 1.82) is 0 Å². The first-order valence-electron chi connectivity index (χ1n) is 11.8. The molecule has 36 heavy (non-hydrogen) atoms. The fraction of sp³-hybridized carbons (Fsp3) is 0.207. The van der Waals surface area contributed by atoms with Crippen molar-refractivity contribution in [2.24, 2.45) is 5.16 Å². The molecule has 2 aromatic carbocycles. The predicted octanol–water partition coefficient (Wildman–Crippen LogP) is 6.23. The summed E-state index contributed by atoms with van der Waals surface area (Å²) in [5.74, 6) is -0.488. The Balaban J connectivity index is 1.49. The number of hydrogen-bond donors (Lipinski definition) is 0. The van der Waals surface area contributed by atoms with Gasteiger partial charge >= 0.3 is 0 Å². The summed E-state index contributed by atoms with van der Waals surface area (Å²) in [6, 6.07) is 18.0. The van der Waals surface area contributed by atoms with Gasteiger partial charge in [0.15, 0.2) is 11.9 Å². The standard InChI is InChI=1S/C29H25FN4O2/c1-18-6-7-23(24(30)11-18)20-13-21(27-16-29(36-34-27)26-5-3-4-9-32-26)15-22(14-20)28(35)12-19(2)25-8-10-31-17-33-25/h3-11,13-15,17,19,29H,12,16H2,1-2H3. The lowest BCUT2D eigenvalue weighted by molar-refractivity contribution is 0.0826. The summed E-state index contributed by atoms with van der Waals surface area (Å²) in [6.45, 7) is 3.80. The first-order valence-corrected chi connectivity index (χ1v) is 11.8. The molecule has 0 aliphatic carbocycles. The molecule has 3 heterocycles. The molecule has 6 nitrogen and oxygen atoms in total. The molecule has 0 radical (unpaired) electrons. The highest BCUT2D eigenvalue weighted by molar-refractivity contribution is 6.06. The Bertz CT molecular complexity index is 1420. The molecule has 0 amide bonds. The van der Waals surface area contributed by atoms with E-state index < -0.39 is 0 Å². The van der Waals surface area contributed by atoms with E-state index in [0.29, 0.717) is 28.8 Å². The second kappa shape index (κ2) is 10.2. The number of rotatable bonds is 7. The van der Waals surface area contributed by atoms with Crippen molar-refractivity contribution in [3.05, 3.63) is 113 Å². The summed E-state index contributed by atoms with van der Waals surface area (Å²) in [5, 5.41) is 4.30. The fourth-order valence-electron chi connectivity index (χ4n) is 4.33. The number of nitrogens with zero attached hydrogens (tertiary/aromatic N) is 4. The highest BCUT2D eigenvalue weighted by Gasteiger charge is 2.26. The van der Waals surface area contributed by atoms with E-state index in [4.69, 9.17) is 4.84 Å². The minimum atomic E-state index is -0.337. The van der Waals surface area contributed by atoms with Gasteiger partial charge in [-0.15, -0.1) is 0 Å². The number of halogens is 1. The Morgan fingerprint density at radius 3 is 2.67 bits per heavy atom. The lowest BCUT2D eigenvalue weighted by atomic mass is 9.91. The number of carbonyl (C=O) groups is 1. The van der Waals surface area contributed by atoms with Crippen LogP contribution in [0, 0.1) is 12.7 Å². The number of benzene rings is 2. The lowest BCUT2D eigenvalue weighted by Gasteiger charge is -2.13. The number of aromatic nitrogens is 3. The van der Waals surface area contributed by atoms with Gasteiger partial charge in [0.2, 0.25) is 0 Å². The normalized spacial score (nSPS) is 15.8. The van der Waals surface area contributed by atoms with Crippen LogP contribution in [0.15, 0.2) is 84.5 Å². The largest absolute Gasteiger partial charge is 0.385 e. The lowest BCUT2D eigenvalue weighted by Crippen LogP contribution is -2.09. The molecule has 2 aromatic heterocycles. The molecular weight excluding hydrogens is 455 g/mol. The van der Waals surface area contributed by atoms with Gasteiger partial charge in [0.1, 0.15) is 12.1 Å². The van der Waals surface area contributed by atoms with E-state index in [1.807, 2.05) is 56.3 Å². The molecule has 180 valence electrons. The summed E-state index contributed by atoms with van der Waals surface area (Å²) in [5.41, 5.74) is 5.37. The van der Waals surface area contributed by atoms with Gasteiger partial charge in [-0.3, -0.25) is 9.78 Å². The van der Waals surface area contributed by atoms with E-state index >= 15 is 0 Å². The number of pyridine rings is 1. The van der Waals surface area contributed by atoms with Crippen molar-refractivity contribution >= 4 is 11.5 Å². The van der Waals surface area contributed by atoms with Gasteiger partial charge in [-0.1, -0.05) is 30.3 Å². The van der Waals surface area contributed by atoms with Crippen LogP contribution in [-0.2, 0) is 4.84 Å². The number of Topliss-reactive ketones (excluding diaryl/α,β-unsaturated/α-hetero) is 1. The molecule has 0 fully saturated rings. The highest BCUT2D eigenvalue weighted by atomic mass is 19.1. The first-order chi connectivity index (χ1) is 17.5. The molecule has 0 saturated heterocycles. The van der Waals surface area contributed by atoms with E-state index in [2.05, 4.69) is 20.1 Å². The SMILES string of the molecule is Cc1ccc(-c2cc(C(=O)CC(C)c3ccncn3)cc(C3=NOC(c4ccccn4)C3)c2)c(F)c1. The van der Waals surface area contributed by atoms with Crippen molar-refractivity contribution in [2.45, 2.75) is 38.7 Å². The molecule has 4 aromatic rings. The van der Waals surface area contributed by atoms with Crippen molar-refractivity contribution < 1.29 is 14.0 Å². The highest BCUT2D eigenvalue weighted by Crippen LogP contribution is 2.32. The van der Waals surface area contributed by atoms with Gasteiger partial charge in [-0.05, 0) is 60.5 Å². The maximum atomic E-state index is 14.9. The molecule has 7 heteroatoms. The molecule has 5 rings (SSSR count).